The lowest BCUT2D eigenvalue weighted by Gasteiger charge is -2.05. The minimum absolute atomic E-state index is 0.205. The Morgan fingerprint density at radius 1 is 0.944 bits per heavy atom. The van der Waals surface area contributed by atoms with Crippen LogP contribution >= 0.6 is 0 Å². The second-order valence-corrected chi connectivity index (χ2v) is 4.64. The Bertz CT molecular complexity index is 361. The average Bonchev–Trinajstić information content (AvgIpc) is 2.36. The number of aromatic hydroxyl groups is 2. The zero-order valence-corrected chi connectivity index (χ0v) is 10.8. The Labute approximate surface area is 108 Å². The fourth-order valence-electron chi connectivity index (χ4n) is 2.02. The van der Waals surface area contributed by atoms with Gasteiger partial charge in [0.15, 0.2) is 0 Å². The fraction of sp³-hybridized carbons (Fsp3) is 0.533. The monoisotopic (exact) mass is 250 g/mol. The average molecular weight is 250 g/mol. The highest BCUT2D eigenvalue weighted by Crippen LogP contribution is 2.24. The van der Waals surface area contributed by atoms with Crippen molar-refractivity contribution in [2.24, 2.45) is 0 Å². The summed E-state index contributed by atoms with van der Waals surface area (Å²) in [6, 6.07) is 4.65. The Morgan fingerprint density at radius 2 is 1.61 bits per heavy atom. The number of aldehydes is 1. The van der Waals surface area contributed by atoms with Crippen molar-refractivity contribution in [2.75, 3.05) is 0 Å². The molecule has 18 heavy (non-hydrogen) atoms. The van der Waals surface area contributed by atoms with Gasteiger partial charge in [0.25, 0.3) is 0 Å². The molecule has 0 spiro atoms. The van der Waals surface area contributed by atoms with Crippen LogP contribution < -0.4 is 0 Å². The van der Waals surface area contributed by atoms with Gasteiger partial charge in [0.2, 0.25) is 0 Å². The summed E-state index contributed by atoms with van der Waals surface area (Å²) in [6.45, 7) is 0. The second kappa shape index (κ2) is 8.56. The summed E-state index contributed by atoms with van der Waals surface area (Å²) in [5.41, 5.74) is 0.816. The van der Waals surface area contributed by atoms with E-state index in [1.54, 1.807) is 6.07 Å². The molecule has 2 N–H and O–H groups in total. The van der Waals surface area contributed by atoms with Gasteiger partial charge in [-0.3, -0.25) is 0 Å². The van der Waals surface area contributed by atoms with Gasteiger partial charge in [-0.2, -0.15) is 0 Å². The number of hydrogen-bond acceptors (Lipinski definition) is 3. The summed E-state index contributed by atoms with van der Waals surface area (Å²) < 4.78 is 0. The topological polar surface area (TPSA) is 57.5 Å². The molecule has 0 aliphatic heterocycles. The highest BCUT2D eigenvalue weighted by Gasteiger charge is 2.02. The summed E-state index contributed by atoms with van der Waals surface area (Å²) in [6.07, 6.45) is 9.04. The van der Waals surface area contributed by atoms with Crippen molar-refractivity contribution in [3.63, 3.8) is 0 Å². The smallest absolute Gasteiger partial charge is 0.119 e. The summed E-state index contributed by atoms with van der Waals surface area (Å²) in [7, 11) is 0. The van der Waals surface area contributed by atoms with Gasteiger partial charge in [-0.15, -0.1) is 0 Å². The van der Waals surface area contributed by atoms with Crippen molar-refractivity contribution in [3.8, 4) is 11.5 Å². The van der Waals surface area contributed by atoms with Crippen molar-refractivity contribution in [1.29, 1.82) is 0 Å². The molecule has 0 radical (unpaired) electrons. The number of hydrogen-bond donors (Lipinski definition) is 2. The lowest BCUT2D eigenvalue weighted by Crippen LogP contribution is -1.87. The van der Waals surface area contributed by atoms with Crippen molar-refractivity contribution < 1.29 is 15.0 Å². The molecule has 3 nitrogen and oxygen atoms in total. The third-order valence-corrected chi connectivity index (χ3v) is 3.08. The van der Waals surface area contributed by atoms with E-state index in [-0.39, 0.29) is 11.5 Å². The molecule has 0 unspecified atom stereocenters. The highest BCUT2D eigenvalue weighted by atomic mass is 16.3. The third kappa shape index (κ3) is 5.71. The maximum absolute atomic E-state index is 10.1. The van der Waals surface area contributed by atoms with Gasteiger partial charge in [-0.05, 0) is 43.0 Å². The largest absolute Gasteiger partial charge is 0.508 e. The minimum Gasteiger partial charge on any atom is -0.508 e. The molecule has 1 aromatic rings. The summed E-state index contributed by atoms with van der Waals surface area (Å²) >= 11 is 0. The van der Waals surface area contributed by atoms with Crippen LogP contribution in [0.2, 0.25) is 0 Å². The molecule has 0 aliphatic carbocycles. The third-order valence-electron chi connectivity index (χ3n) is 3.08. The SMILES string of the molecule is O=CCCCCCCCCc1cc(O)ccc1O. The van der Waals surface area contributed by atoms with Gasteiger partial charge >= 0.3 is 0 Å². The van der Waals surface area contributed by atoms with Crippen LogP contribution in [0.3, 0.4) is 0 Å². The maximum Gasteiger partial charge on any atom is 0.119 e. The van der Waals surface area contributed by atoms with Crippen LogP contribution in [0.25, 0.3) is 0 Å². The number of benzene rings is 1. The first-order valence-electron chi connectivity index (χ1n) is 6.68. The molecular formula is C15H22O3. The molecule has 0 saturated carbocycles. The lowest BCUT2D eigenvalue weighted by atomic mass is 10.0. The normalized spacial score (nSPS) is 10.4. The molecule has 1 aromatic carbocycles. The van der Waals surface area contributed by atoms with E-state index in [1.807, 2.05) is 0 Å². The summed E-state index contributed by atoms with van der Waals surface area (Å²) in [4.78, 5) is 10.1. The van der Waals surface area contributed by atoms with Gasteiger partial charge in [-0.1, -0.05) is 25.7 Å². The Morgan fingerprint density at radius 3 is 2.33 bits per heavy atom. The fourth-order valence-corrected chi connectivity index (χ4v) is 2.02. The zero-order chi connectivity index (χ0) is 13.2. The van der Waals surface area contributed by atoms with E-state index < -0.39 is 0 Å². The van der Waals surface area contributed by atoms with Crippen LogP contribution in [0.15, 0.2) is 18.2 Å². The van der Waals surface area contributed by atoms with Gasteiger partial charge in [0, 0.05) is 6.42 Å². The molecule has 100 valence electrons. The Kier molecular flexibility index (Phi) is 6.92. The van der Waals surface area contributed by atoms with Gasteiger partial charge in [0.05, 0.1) is 0 Å². The second-order valence-electron chi connectivity index (χ2n) is 4.64. The number of carbonyl (C=O) groups excluding carboxylic acids is 1. The van der Waals surface area contributed by atoms with Crippen molar-refractivity contribution in [2.45, 2.75) is 51.4 Å². The van der Waals surface area contributed by atoms with E-state index in [4.69, 9.17) is 0 Å². The minimum atomic E-state index is 0.205. The maximum atomic E-state index is 10.1. The van der Waals surface area contributed by atoms with E-state index in [0.29, 0.717) is 6.42 Å². The first-order valence-corrected chi connectivity index (χ1v) is 6.68. The Balaban J connectivity index is 2.10. The van der Waals surface area contributed by atoms with E-state index in [9.17, 15) is 15.0 Å². The van der Waals surface area contributed by atoms with Crippen LogP contribution in [-0.4, -0.2) is 16.5 Å². The molecule has 0 aromatic heterocycles. The molecule has 0 amide bonds. The van der Waals surface area contributed by atoms with Crippen molar-refractivity contribution in [3.05, 3.63) is 23.8 Å². The molecular weight excluding hydrogens is 228 g/mol. The summed E-state index contributed by atoms with van der Waals surface area (Å²) in [5, 5.41) is 18.9. The molecule has 0 saturated heterocycles. The van der Waals surface area contributed by atoms with Crippen molar-refractivity contribution in [1.82, 2.24) is 0 Å². The van der Waals surface area contributed by atoms with Gasteiger partial charge in [0.1, 0.15) is 17.8 Å². The van der Waals surface area contributed by atoms with Crippen LogP contribution in [0.1, 0.15) is 50.5 Å². The molecule has 0 heterocycles. The van der Waals surface area contributed by atoms with E-state index in [2.05, 4.69) is 0 Å². The highest BCUT2D eigenvalue weighted by molar-refractivity contribution is 5.48. The van der Waals surface area contributed by atoms with Gasteiger partial charge < -0.3 is 15.0 Å². The van der Waals surface area contributed by atoms with Gasteiger partial charge in [-0.25, -0.2) is 0 Å². The Hall–Kier alpha value is -1.51. The summed E-state index contributed by atoms with van der Waals surface area (Å²) in [5.74, 6) is 0.468. The quantitative estimate of drug-likeness (QED) is 0.400. The van der Waals surface area contributed by atoms with E-state index in [0.717, 1.165) is 44.0 Å². The van der Waals surface area contributed by atoms with Crippen LogP contribution in [-0.2, 0) is 11.2 Å². The molecule has 0 atom stereocenters. The van der Waals surface area contributed by atoms with Crippen LogP contribution in [0.4, 0.5) is 0 Å². The number of carbonyl (C=O) groups is 1. The van der Waals surface area contributed by atoms with E-state index in [1.165, 1.54) is 25.0 Å². The lowest BCUT2D eigenvalue weighted by molar-refractivity contribution is -0.107. The number of rotatable bonds is 9. The number of unbranched alkanes of at least 4 members (excludes halogenated alkanes) is 6. The number of aryl methyl sites for hydroxylation is 1. The van der Waals surface area contributed by atoms with Crippen molar-refractivity contribution >= 4 is 6.29 Å². The number of phenols is 2. The first-order chi connectivity index (χ1) is 8.74. The molecule has 0 fully saturated rings. The molecule has 0 bridgehead atoms. The first kappa shape index (κ1) is 14.6. The van der Waals surface area contributed by atoms with Crippen LogP contribution in [0.5, 0.6) is 11.5 Å². The molecule has 3 heteroatoms. The predicted molar refractivity (Wildman–Crippen MR) is 71.9 cm³/mol. The molecule has 0 aliphatic rings. The predicted octanol–water partition coefficient (Wildman–Crippen LogP) is 3.57. The molecule has 1 rings (SSSR count). The van der Waals surface area contributed by atoms with Crippen LogP contribution in [0, 0.1) is 0 Å². The number of phenolic OH excluding ortho intramolecular Hbond substituents is 2. The zero-order valence-electron chi connectivity index (χ0n) is 10.8. The van der Waals surface area contributed by atoms with E-state index >= 15 is 0 Å². The standard InChI is InChI=1S/C15H22O3/c16-11-7-5-3-1-2-4-6-8-13-12-14(17)9-10-15(13)18/h9-12,17-18H,1-8H2.